The van der Waals surface area contributed by atoms with E-state index in [1.807, 2.05) is 0 Å². The van der Waals surface area contributed by atoms with Gasteiger partial charge in [0.05, 0.1) is 24.1 Å². The predicted molar refractivity (Wildman–Crippen MR) is 156 cm³/mol. The predicted octanol–water partition coefficient (Wildman–Crippen LogP) is 8.62. The Morgan fingerprint density at radius 1 is 0.848 bits per heavy atom. The summed E-state index contributed by atoms with van der Waals surface area (Å²) in [5.41, 5.74) is -0.205. The van der Waals surface area contributed by atoms with E-state index in [0.717, 1.165) is 17.2 Å². The number of nitrogens with zero attached hydrogens (tertiary/aromatic N) is 3. The van der Waals surface area contributed by atoms with Crippen molar-refractivity contribution in [1.29, 1.82) is 0 Å². The van der Waals surface area contributed by atoms with E-state index in [2.05, 4.69) is 10.1 Å². The summed E-state index contributed by atoms with van der Waals surface area (Å²) in [4.78, 5) is 15.7. The summed E-state index contributed by atoms with van der Waals surface area (Å²) in [6, 6.07) is 20.1. The van der Waals surface area contributed by atoms with Crippen LogP contribution in [-0.2, 0) is 19.0 Å². The smallest absolute Gasteiger partial charge is 0.434 e. The number of alkyl halides is 6. The normalized spacial score (nSPS) is 11.8. The van der Waals surface area contributed by atoms with Gasteiger partial charge in [-0.05, 0) is 72.5 Å². The molecule has 0 saturated carbocycles. The second-order valence-corrected chi connectivity index (χ2v) is 10.1. The molecule has 2 aromatic heterocycles. The summed E-state index contributed by atoms with van der Waals surface area (Å²) >= 11 is 0. The van der Waals surface area contributed by atoms with Gasteiger partial charge in [-0.1, -0.05) is 42.5 Å². The fraction of sp³-hybridized carbons (Fsp3) is 0.182. The molecule has 0 unspecified atom stereocenters. The van der Waals surface area contributed by atoms with E-state index in [0.29, 0.717) is 33.3 Å². The Balaban J connectivity index is 1.41. The third-order valence-electron chi connectivity index (χ3n) is 7.03. The minimum Gasteiger partial charge on any atom is -0.493 e. The van der Waals surface area contributed by atoms with Gasteiger partial charge >= 0.3 is 18.3 Å². The third-order valence-corrected chi connectivity index (χ3v) is 7.03. The van der Waals surface area contributed by atoms with Crippen molar-refractivity contribution < 1.29 is 45.7 Å². The standard InChI is InChI=1S/C33H25F6N3O4/c1-3-45-28-14-13-21(16-25(28)32(34,35)36)20-11-12-22(19(2)15-20)18-46-27-9-5-4-7-23(27)26-8-6-10-29(41-26)42-30(33(37,38)39)24(17-40-42)31(43)44/h4-17H,3,18H2,1-2H3,(H,43,44). The van der Waals surface area contributed by atoms with Gasteiger partial charge < -0.3 is 14.6 Å². The molecule has 0 fully saturated rings. The zero-order valence-electron chi connectivity index (χ0n) is 24.3. The fourth-order valence-corrected chi connectivity index (χ4v) is 4.85. The molecule has 238 valence electrons. The molecule has 0 atom stereocenters. The van der Waals surface area contributed by atoms with Crippen molar-refractivity contribution in [2.75, 3.05) is 6.61 Å². The summed E-state index contributed by atoms with van der Waals surface area (Å²) in [5, 5.41) is 12.9. The minimum atomic E-state index is -5.01. The number of hydrogen-bond donors (Lipinski definition) is 1. The molecule has 0 radical (unpaired) electrons. The van der Waals surface area contributed by atoms with Gasteiger partial charge in [0.15, 0.2) is 11.5 Å². The number of hydrogen-bond acceptors (Lipinski definition) is 5. The molecule has 3 aromatic carbocycles. The van der Waals surface area contributed by atoms with Gasteiger partial charge in [0.2, 0.25) is 0 Å². The Hall–Kier alpha value is -5.33. The van der Waals surface area contributed by atoms with Crippen molar-refractivity contribution in [1.82, 2.24) is 14.8 Å². The number of aromatic nitrogens is 3. The average molecular weight is 642 g/mol. The number of halogens is 6. The fourth-order valence-electron chi connectivity index (χ4n) is 4.85. The molecule has 13 heteroatoms. The lowest BCUT2D eigenvalue weighted by molar-refractivity contribution is -0.143. The molecule has 0 aliphatic rings. The van der Waals surface area contributed by atoms with E-state index in [1.165, 1.54) is 18.2 Å². The quantitative estimate of drug-likeness (QED) is 0.162. The molecule has 0 spiro atoms. The number of rotatable bonds is 9. The van der Waals surface area contributed by atoms with E-state index in [1.54, 1.807) is 68.4 Å². The highest BCUT2D eigenvalue weighted by atomic mass is 19.4. The molecule has 7 nitrogen and oxygen atoms in total. The van der Waals surface area contributed by atoms with E-state index >= 15 is 0 Å². The van der Waals surface area contributed by atoms with Crippen LogP contribution in [0.3, 0.4) is 0 Å². The lowest BCUT2D eigenvalue weighted by Gasteiger charge is -2.16. The Morgan fingerprint density at radius 3 is 2.24 bits per heavy atom. The Labute approximate surface area is 258 Å². The second-order valence-electron chi connectivity index (χ2n) is 10.1. The van der Waals surface area contributed by atoms with Crippen LogP contribution < -0.4 is 9.47 Å². The van der Waals surface area contributed by atoms with Gasteiger partial charge in [-0.2, -0.15) is 31.4 Å². The first kappa shape index (κ1) is 32.1. The number of carboxylic acid groups (broad SMARTS) is 1. The van der Waals surface area contributed by atoms with Gasteiger partial charge in [0.25, 0.3) is 0 Å². The van der Waals surface area contributed by atoms with Crippen molar-refractivity contribution in [3.05, 3.63) is 113 Å². The Bertz CT molecular complexity index is 1900. The molecular formula is C33H25F6N3O4. The van der Waals surface area contributed by atoms with E-state index in [-0.39, 0.29) is 30.5 Å². The van der Waals surface area contributed by atoms with Gasteiger partial charge in [-0.25, -0.2) is 14.5 Å². The first-order chi connectivity index (χ1) is 21.8. The molecule has 5 rings (SSSR count). The summed E-state index contributed by atoms with van der Waals surface area (Å²) in [7, 11) is 0. The highest BCUT2D eigenvalue weighted by Gasteiger charge is 2.41. The van der Waals surface area contributed by atoms with Gasteiger partial charge in [0.1, 0.15) is 23.7 Å². The van der Waals surface area contributed by atoms with Crippen LogP contribution >= 0.6 is 0 Å². The van der Waals surface area contributed by atoms with Crippen LogP contribution in [0.15, 0.2) is 85.1 Å². The molecule has 0 aliphatic carbocycles. The lowest BCUT2D eigenvalue weighted by atomic mass is 9.98. The Kier molecular flexibility index (Phi) is 8.77. The highest BCUT2D eigenvalue weighted by molar-refractivity contribution is 5.89. The first-order valence-corrected chi connectivity index (χ1v) is 13.8. The van der Waals surface area contributed by atoms with Crippen molar-refractivity contribution in [3.8, 4) is 39.7 Å². The highest BCUT2D eigenvalue weighted by Crippen LogP contribution is 2.39. The van der Waals surface area contributed by atoms with Crippen LogP contribution in [0.2, 0.25) is 0 Å². The number of aryl methyl sites for hydroxylation is 1. The van der Waals surface area contributed by atoms with Gasteiger partial charge in [-0.15, -0.1) is 0 Å². The zero-order chi connectivity index (χ0) is 33.2. The third kappa shape index (κ3) is 6.67. The molecule has 0 aliphatic heterocycles. The lowest BCUT2D eigenvalue weighted by Crippen LogP contribution is -2.18. The van der Waals surface area contributed by atoms with Crippen molar-refractivity contribution in [3.63, 3.8) is 0 Å². The van der Waals surface area contributed by atoms with E-state index in [9.17, 15) is 36.2 Å². The summed E-state index contributed by atoms with van der Waals surface area (Å²) in [6.07, 6.45) is -8.98. The molecular weight excluding hydrogens is 616 g/mol. The summed E-state index contributed by atoms with van der Waals surface area (Å²) < 4.78 is 94.0. The maximum atomic E-state index is 13.8. The summed E-state index contributed by atoms with van der Waals surface area (Å²) in [6.45, 7) is 3.57. The van der Waals surface area contributed by atoms with Crippen LogP contribution in [0, 0.1) is 6.92 Å². The van der Waals surface area contributed by atoms with E-state index in [4.69, 9.17) is 9.47 Å². The number of pyridine rings is 1. The molecule has 0 saturated heterocycles. The van der Waals surface area contributed by atoms with E-state index < -0.39 is 35.1 Å². The minimum absolute atomic E-state index is 0.0687. The largest absolute Gasteiger partial charge is 0.493 e. The average Bonchev–Trinajstić information content (AvgIpc) is 3.48. The topological polar surface area (TPSA) is 86.5 Å². The number of benzene rings is 3. The van der Waals surface area contributed by atoms with Crippen LogP contribution in [0.25, 0.3) is 28.2 Å². The monoisotopic (exact) mass is 641 g/mol. The molecule has 0 amide bonds. The van der Waals surface area contributed by atoms with Gasteiger partial charge in [-0.3, -0.25) is 0 Å². The number of ether oxygens (including phenoxy) is 2. The van der Waals surface area contributed by atoms with Crippen LogP contribution in [0.1, 0.15) is 39.7 Å². The first-order valence-electron chi connectivity index (χ1n) is 13.8. The maximum Gasteiger partial charge on any atom is 0.434 e. The molecule has 0 bridgehead atoms. The van der Waals surface area contributed by atoms with Crippen LogP contribution in [-0.4, -0.2) is 32.4 Å². The second kappa shape index (κ2) is 12.6. The number of carbonyl (C=O) groups is 1. The Morgan fingerprint density at radius 2 is 1.57 bits per heavy atom. The number of para-hydroxylation sites is 1. The molecule has 1 N–H and O–H groups in total. The zero-order valence-corrected chi connectivity index (χ0v) is 24.3. The summed E-state index contributed by atoms with van der Waals surface area (Å²) in [5.74, 6) is -1.90. The van der Waals surface area contributed by atoms with Crippen molar-refractivity contribution in [2.45, 2.75) is 32.8 Å². The SMILES string of the molecule is CCOc1ccc(-c2ccc(COc3ccccc3-c3cccc(-n4ncc(C(=O)O)c4C(F)(F)F)n3)c(C)c2)cc1C(F)(F)F. The van der Waals surface area contributed by atoms with Crippen molar-refractivity contribution in [2.24, 2.45) is 0 Å². The molecule has 5 aromatic rings. The van der Waals surface area contributed by atoms with Crippen LogP contribution in [0.5, 0.6) is 11.5 Å². The molecule has 2 heterocycles. The van der Waals surface area contributed by atoms with Crippen molar-refractivity contribution >= 4 is 5.97 Å². The molecule has 46 heavy (non-hydrogen) atoms. The van der Waals surface area contributed by atoms with Gasteiger partial charge in [0, 0.05) is 5.56 Å². The van der Waals surface area contributed by atoms with Crippen LogP contribution in [0.4, 0.5) is 26.3 Å². The number of carboxylic acids is 1. The maximum absolute atomic E-state index is 13.8. The number of aromatic carboxylic acids is 1.